The number of amides is 1. The summed E-state index contributed by atoms with van der Waals surface area (Å²) in [4.78, 5) is 19.6. The highest BCUT2D eigenvalue weighted by molar-refractivity contribution is 6.34. The van der Waals surface area contributed by atoms with Gasteiger partial charge in [-0.3, -0.25) is 19.7 Å². The van der Waals surface area contributed by atoms with Crippen molar-refractivity contribution in [2.75, 3.05) is 38.2 Å². The van der Waals surface area contributed by atoms with E-state index in [0.717, 1.165) is 43.9 Å². The van der Waals surface area contributed by atoms with E-state index in [0.29, 0.717) is 17.5 Å². The summed E-state index contributed by atoms with van der Waals surface area (Å²) in [5, 5.41) is 7.30. The van der Waals surface area contributed by atoms with Crippen LogP contribution in [0.3, 0.4) is 0 Å². The summed E-state index contributed by atoms with van der Waals surface area (Å²) in [5.74, 6) is 0.125. The topological polar surface area (TPSA) is 77.2 Å². The van der Waals surface area contributed by atoms with Gasteiger partial charge in [-0.05, 0) is 12.1 Å². The Morgan fingerprint density at radius 3 is 2.78 bits per heavy atom. The van der Waals surface area contributed by atoms with Crippen LogP contribution in [0.4, 0.5) is 5.95 Å². The minimum atomic E-state index is -0.372. The monoisotopic (exact) mass is 388 g/mol. The number of imidazole rings is 1. The molecule has 2 aromatic heterocycles. The minimum absolute atomic E-state index is 0.186. The molecule has 1 amide bonds. The highest BCUT2D eigenvalue weighted by Gasteiger charge is 2.19. The van der Waals surface area contributed by atoms with Gasteiger partial charge in [0.25, 0.3) is 5.91 Å². The van der Waals surface area contributed by atoms with Crippen LogP contribution in [0.2, 0.25) is 5.02 Å². The molecule has 3 aromatic rings. The SMILES string of the molecule is Cn1cc(Cl)c(C(=O)Nc2nc3ccccc3n2CCN2CCOCC2)n1. The van der Waals surface area contributed by atoms with Crippen LogP contribution in [0, 0.1) is 0 Å². The van der Waals surface area contributed by atoms with E-state index in [9.17, 15) is 4.79 Å². The lowest BCUT2D eigenvalue weighted by atomic mass is 10.3. The van der Waals surface area contributed by atoms with Crippen LogP contribution < -0.4 is 5.32 Å². The Morgan fingerprint density at radius 1 is 1.26 bits per heavy atom. The Bertz CT molecular complexity index is 960. The third-order valence-corrected chi connectivity index (χ3v) is 4.90. The zero-order valence-corrected chi connectivity index (χ0v) is 15.8. The number of fused-ring (bicyclic) bond motifs is 1. The van der Waals surface area contributed by atoms with Crippen molar-refractivity contribution in [3.8, 4) is 0 Å². The number of carbonyl (C=O) groups excluding carboxylic acids is 1. The molecule has 9 heteroatoms. The predicted molar refractivity (Wildman–Crippen MR) is 103 cm³/mol. The van der Waals surface area contributed by atoms with Crippen molar-refractivity contribution in [2.24, 2.45) is 7.05 Å². The smallest absolute Gasteiger partial charge is 0.280 e. The number of aromatic nitrogens is 4. The number of nitrogens with zero attached hydrogens (tertiary/aromatic N) is 5. The van der Waals surface area contributed by atoms with E-state index < -0.39 is 0 Å². The van der Waals surface area contributed by atoms with Crippen LogP contribution in [0.15, 0.2) is 30.5 Å². The van der Waals surface area contributed by atoms with Crippen LogP contribution in [0.5, 0.6) is 0 Å². The standard InChI is InChI=1S/C18H21ClN6O2/c1-23-12-13(19)16(22-23)17(26)21-18-20-14-4-2-3-5-15(14)25(18)7-6-24-8-10-27-11-9-24/h2-5,12H,6-11H2,1H3,(H,20,21,26). The summed E-state index contributed by atoms with van der Waals surface area (Å²) >= 11 is 6.10. The summed E-state index contributed by atoms with van der Waals surface area (Å²) in [7, 11) is 1.72. The lowest BCUT2D eigenvalue weighted by Crippen LogP contribution is -2.38. The van der Waals surface area contributed by atoms with Crippen molar-refractivity contribution < 1.29 is 9.53 Å². The van der Waals surface area contributed by atoms with Gasteiger partial charge in [0.15, 0.2) is 5.69 Å². The summed E-state index contributed by atoms with van der Waals surface area (Å²) < 4.78 is 8.95. The number of halogens is 1. The lowest BCUT2D eigenvalue weighted by Gasteiger charge is -2.26. The van der Waals surface area contributed by atoms with E-state index in [2.05, 4.69) is 20.3 Å². The van der Waals surface area contributed by atoms with Gasteiger partial charge in [-0.1, -0.05) is 23.7 Å². The van der Waals surface area contributed by atoms with Crippen LogP contribution in [-0.4, -0.2) is 63.0 Å². The Labute approximate surface area is 161 Å². The second kappa shape index (κ2) is 7.67. The fraction of sp³-hybridized carbons (Fsp3) is 0.389. The van der Waals surface area contributed by atoms with Gasteiger partial charge in [-0.25, -0.2) is 4.98 Å². The average Bonchev–Trinajstić information content (AvgIpc) is 3.19. The van der Waals surface area contributed by atoms with Gasteiger partial charge in [-0.2, -0.15) is 5.10 Å². The largest absolute Gasteiger partial charge is 0.379 e. The zero-order chi connectivity index (χ0) is 18.8. The highest BCUT2D eigenvalue weighted by Crippen LogP contribution is 2.21. The normalized spacial score (nSPS) is 15.3. The molecule has 1 fully saturated rings. The first-order valence-corrected chi connectivity index (χ1v) is 9.25. The third-order valence-electron chi connectivity index (χ3n) is 4.62. The van der Waals surface area contributed by atoms with Crippen LogP contribution in [-0.2, 0) is 18.3 Å². The molecule has 27 heavy (non-hydrogen) atoms. The number of anilines is 1. The summed E-state index contributed by atoms with van der Waals surface area (Å²) in [6.07, 6.45) is 1.60. The van der Waals surface area contributed by atoms with Gasteiger partial charge >= 0.3 is 0 Å². The maximum Gasteiger partial charge on any atom is 0.280 e. The molecule has 1 aliphatic heterocycles. The molecule has 1 aromatic carbocycles. The Hall–Kier alpha value is -2.42. The fourth-order valence-corrected chi connectivity index (χ4v) is 3.50. The van der Waals surface area contributed by atoms with E-state index in [-0.39, 0.29) is 11.6 Å². The molecule has 1 aliphatic rings. The van der Waals surface area contributed by atoms with E-state index in [1.54, 1.807) is 13.2 Å². The van der Waals surface area contributed by atoms with Crippen molar-refractivity contribution in [1.29, 1.82) is 0 Å². The van der Waals surface area contributed by atoms with Gasteiger partial charge in [0.05, 0.1) is 29.3 Å². The molecule has 8 nitrogen and oxygen atoms in total. The van der Waals surface area contributed by atoms with Gasteiger partial charge < -0.3 is 9.30 Å². The summed E-state index contributed by atoms with van der Waals surface area (Å²) in [6.45, 7) is 4.91. The first kappa shape index (κ1) is 18.0. The number of rotatable bonds is 5. The first-order chi connectivity index (χ1) is 13.1. The number of hydrogen-bond donors (Lipinski definition) is 1. The second-order valence-corrected chi connectivity index (χ2v) is 6.89. The number of benzene rings is 1. The molecule has 142 valence electrons. The van der Waals surface area contributed by atoms with Crippen LogP contribution >= 0.6 is 11.6 Å². The molecule has 0 unspecified atom stereocenters. The third kappa shape index (κ3) is 3.83. The zero-order valence-electron chi connectivity index (χ0n) is 15.1. The summed E-state index contributed by atoms with van der Waals surface area (Å²) in [6, 6.07) is 7.84. The molecule has 0 aliphatic carbocycles. The minimum Gasteiger partial charge on any atom is -0.379 e. The molecule has 4 rings (SSSR count). The van der Waals surface area contributed by atoms with Gasteiger partial charge in [0.2, 0.25) is 5.95 Å². The molecule has 0 spiro atoms. The molecule has 0 atom stereocenters. The average molecular weight is 389 g/mol. The molecule has 0 radical (unpaired) electrons. The van der Waals surface area contributed by atoms with Gasteiger partial charge in [-0.15, -0.1) is 0 Å². The predicted octanol–water partition coefficient (Wildman–Crippen LogP) is 2.01. The number of hydrogen-bond acceptors (Lipinski definition) is 5. The van der Waals surface area contributed by atoms with Crippen LogP contribution in [0.1, 0.15) is 10.5 Å². The second-order valence-electron chi connectivity index (χ2n) is 6.48. The van der Waals surface area contributed by atoms with Crippen molar-refractivity contribution in [3.05, 3.63) is 41.2 Å². The number of morpholine rings is 1. The number of aryl methyl sites for hydroxylation is 1. The van der Waals surface area contributed by atoms with Gasteiger partial charge in [0, 0.05) is 39.4 Å². The van der Waals surface area contributed by atoms with E-state index in [4.69, 9.17) is 16.3 Å². The van der Waals surface area contributed by atoms with Gasteiger partial charge in [0.1, 0.15) is 0 Å². The molecule has 1 N–H and O–H groups in total. The number of carbonyl (C=O) groups is 1. The lowest BCUT2D eigenvalue weighted by molar-refractivity contribution is 0.0366. The Morgan fingerprint density at radius 2 is 2.04 bits per heavy atom. The van der Waals surface area contributed by atoms with Crippen molar-refractivity contribution in [3.63, 3.8) is 0 Å². The molecular formula is C18H21ClN6O2. The Balaban J connectivity index is 1.59. The molecular weight excluding hydrogens is 368 g/mol. The number of ether oxygens (including phenoxy) is 1. The van der Waals surface area contributed by atoms with Crippen molar-refractivity contribution in [2.45, 2.75) is 6.54 Å². The first-order valence-electron chi connectivity index (χ1n) is 8.87. The van der Waals surface area contributed by atoms with E-state index >= 15 is 0 Å². The molecule has 0 saturated carbocycles. The van der Waals surface area contributed by atoms with Crippen molar-refractivity contribution >= 4 is 34.5 Å². The highest BCUT2D eigenvalue weighted by atomic mass is 35.5. The fourth-order valence-electron chi connectivity index (χ4n) is 3.24. The van der Waals surface area contributed by atoms with E-state index in [1.807, 2.05) is 28.8 Å². The van der Waals surface area contributed by atoms with E-state index in [1.165, 1.54) is 4.68 Å². The number of para-hydroxylation sites is 2. The Kier molecular flexibility index (Phi) is 5.11. The van der Waals surface area contributed by atoms with Crippen LogP contribution in [0.25, 0.3) is 11.0 Å². The maximum absolute atomic E-state index is 12.6. The van der Waals surface area contributed by atoms with Crippen molar-refractivity contribution in [1.82, 2.24) is 24.2 Å². The molecule has 1 saturated heterocycles. The number of nitrogens with one attached hydrogen (secondary N) is 1. The molecule has 0 bridgehead atoms. The maximum atomic E-state index is 12.6. The summed E-state index contributed by atoms with van der Waals surface area (Å²) in [5.41, 5.74) is 2.00. The quantitative estimate of drug-likeness (QED) is 0.723. The molecule has 3 heterocycles.